The van der Waals surface area contributed by atoms with Gasteiger partial charge in [0.15, 0.2) is 5.69 Å². The van der Waals surface area contributed by atoms with Crippen molar-refractivity contribution in [2.45, 2.75) is 26.4 Å². The van der Waals surface area contributed by atoms with Gasteiger partial charge in [-0.2, -0.15) is 0 Å². The van der Waals surface area contributed by atoms with Gasteiger partial charge in [0.2, 0.25) is 0 Å². The molecule has 2 heterocycles. The molecule has 1 aromatic heterocycles. The molecule has 136 valence electrons. The fraction of sp³-hybridized carbons (Fsp3) is 0.190. The monoisotopic (exact) mass is 378 g/mol. The van der Waals surface area contributed by atoms with Gasteiger partial charge in [0.1, 0.15) is 6.33 Å². The van der Waals surface area contributed by atoms with E-state index in [4.69, 9.17) is 16.6 Å². The van der Waals surface area contributed by atoms with Gasteiger partial charge in [0.25, 0.3) is 5.91 Å². The second-order valence-electron chi connectivity index (χ2n) is 6.70. The van der Waals surface area contributed by atoms with Crippen LogP contribution in [0.2, 0.25) is 5.02 Å². The predicted molar refractivity (Wildman–Crippen MR) is 107 cm³/mol. The Morgan fingerprint density at radius 2 is 1.81 bits per heavy atom. The van der Waals surface area contributed by atoms with Gasteiger partial charge in [-0.25, -0.2) is 4.98 Å². The van der Waals surface area contributed by atoms with Gasteiger partial charge in [-0.1, -0.05) is 48.0 Å². The van der Waals surface area contributed by atoms with Crippen molar-refractivity contribution >= 4 is 23.2 Å². The Hall–Kier alpha value is -2.92. The number of carbonyl (C=O) groups excluding carboxylic acids is 1. The zero-order valence-corrected chi connectivity index (χ0v) is 15.9. The van der Waals surface area contributed by atoms with E-state index in [0.29, 0.717) is 17.3 Å². The lowest BCUT2D eigenvalue weighted by atomic mass is 10.0. The van der Waals surface area contributed by atoms with Gasteiger partial charge in [0, 0.05) is 22.2 Å². The number of nitrogens with one attached hydrogen (secondary N) is 1. The number of carbonyl (C=O) groups is 1. The maximum absolute atomic E-state index is 12.6. The number of rotatable bonds is 3. The number of aliphatic imine (C=N–C) groups is 1. The third-order valence-corrected chi connectivity index (χ3v) is 4.77. The molecule has 0 saturated heterocycles. The van der Waals surface area contributed by atoms with Crippen LogP contribution in [0, 0.1) is 0 Å². The number of aromatic nitrogens is 2. The Morgan fingerprint density at radius 1 is 1.11 bits per heavy atom. The largest absolute Gasteiger partial charge is 0.348 e. The number of nitrogens with zero attached hydrogens (tertiary/aromatic N) is 3. The van der Waals surface area contributed by atoms with Gasteiger partial charge in [-0.15, -0.1) is 0 Å². The smallest absolute Gasteiger partial charge is 0.272 e. The predicted octanol–water partition coefficient (Wildman–Crippen LogP) is 4.01. The van der Waals surface area contributed by atoms with Crippen LogP contribution in [-0.2, 0) is 6.54 Å². The molecule has 1 aliphatic heterocycles. The minimum atomic E-state index is -0.187. The maximum atomic E-state index is 12.6. The Morgan fingerprint density at radius 3 is 2.56 bits per heavy atom. The van der Waals surface area contributed by atoms with Crippen LogP contribution in [0.15, 0.2) is 59.9 Å². The van der Waals surface area contributed by atoms with Crippen molar-refractivity contribution in [2.75, 3.05) is 0 Å². The summed E-state index contributed by atoms with van der Waals surface area (Å²) >= 11 is 6.44. The number of fused-ring (bicyclic) bond motifs is 3. The molecule has 0 aliphatic carbocycles. The van der Waals surface area contributed by atoms with E-state index in [-0.39, 0.29) is 11.9 Å². The summed E-state index contributed by atoms with van der Waals surface area (Å²) in [5.74, 6) is -0.187. The first kappa shape index (κ1) is 17.5. The summed E-state index contributed by atoms with van der Waals surface area (Å²) in [5.41, 5.74) is 4.75. The van der Waals surface area contributed by atoms with E-state index in [9.17, 15) is 4.79 Å². The number of para-hydroxylation sites is 1. The maximum Gasteiger partial charge on any atom is 0.272 e. The molecule has 0 bridgehead atoms. The summed E-state index contributed by atoms with van der Waals surface area (Å²) in [6, 6.07) is 15.7. The van der Waals surface area contributed by atoms with E-state index < -0.39 is 0 Å². The highest BCUT2D eigenvalue weighted by atomic mass is 35.5. The van der Waals surface area contributed by atoms with Gasteiger partial charge >= 0.3 is 0 Å². The Labute approximate surface area is 162 Å². The normalized spacial score (nSPS) is 12.8. The first-order valence-corrected chi connectivity index (χ1v) is 9.20. The van der Waals surface area contributed by atoms with Crippen LogP contribution >= 0.6 is 11.6 Å². The van der Waals surface area contributed by atoms with E-state index in [2.05, 4.69) is 10.3 Å². The Bertz CT molecular complexity index is 1050. The van der Waals surface area contributed by atoms with Gasteiger partial charge in [-0.05, 0) is 26.0 Å². The minimum absolute atomic E-state index is 0.0371. The van der Waals surface area contributed by atoms with Crippen LogP contribution in [0.25, 0.3) is 5.69 Å². The van der Waals surface area contributed by atoms with Crippen molar-refractivity contribution in [3.8, 4) is 5.69 Å². The van der Waals surface area contributed by atoms with Crippen molar-refractivity contribution in [3.63, 3.8) is 0 Å². The van der Waals surface area contributed by atoms with E-state index >= 15 is 0 Å². The summed E-state index contributed by atoms with van der Waals surface area (Å²) in [6.45, 7) is 4.20. The fourth-order valence-electron chi connectivity index (χ4n) is 3.26. The van der Waals surface area contributed by atoms with Crippen LogP contribution in [0.5, 0.6) is 0 Å². The molecule has 0 unspecified atom stereocenters. The molecular formula is C21H19ClN4O. The van der Waals surface area contributed by atoms with Crippen molar-refractivity contribution < 1.29 is 4.79 Å². The van der Waals surface area contributed by atoms with Crippen molar-refractivity contribution in [3.05, 3.63) is 82.4 Å². The number of hydrogen-bond acceptors (Lipinski definition) is 3. The molecule has 5 nitrogen and oxygen atoms in total. The molecule has 1 N–H and O–H groups in total. The van der Waals surface area contributed by atoms with Crippen molar-refractivity contribution in [1.29, 1.82) is 0 Å². The summed E-state index contributed by atoms with van der Waals surface area (Å²) in [4.78, 5) is 21.7. The molecule has 0 fully saturated rings. The fourth-order valence-corrected chi connectivity index (χ4v) is 3.48. The molecule has 4 rings (SSSR count). The van der Waals surface area contributed by atoms with Gasteiger partial charge in [-0.3, -0.25) is 14.4 Å². The standard InChI is InChI=1S/C21H19ClN4O/c1-13(2)25-21(27)20-18-11-23-19(14-7-3-5-9-16(14)22)15-8-4-6-10-17(15)26(18)12-24-20/h3-10,12-13H,11H2,1-2H3,(H,25,27). The second-order valence-corrected chi connectivity index (χ2v) is 7.11. The molecule has 6 heteroatoms. The van der Waals surface area contributed by atoms with Gasteiger partial charge < -0.3 is 5.32 Å². The lowest BCUT2D eigenvalue weighted by Crippen LogP contribution is -2.31. The second kappa shape index (κ2) is 7.00. The average molecular weight is 379 g/mol. The van der Waals surface area contributed by atoms with E-state index in [0.717, 1.165) is 28.2 Å². The van der Waals surface area contributed by atoms with Crippen LogP contribution in [-0.4, -0.2) is 27.2 Å². The first-order chi connectivity index (χ1) is 13.1. The topological polar surface area (TPSA) is 59.3 Å². The third-order valence-electron chi connectivity index (χ3n) is 4.44. The Balaban J connectivity index is 1.88. The minimum Gasteiger partial charge on any atom is -0.348 e. The number of benzene rings is 2. The van der Waals surface area contributed by atoms with E-state index in [1.54, 1.807) is 6.33 Å². The molecule has 0 atom stereocenters. The number of hydrogen-bond donors (Lipinski definition) is 1. The summed E-state index contributed by atoms with van der Waals surface area (Å²) in [7, 11) is 0. The third kappa shape index (κ3) is 3.15. The molecule has 1 aliphatic rings. The molecule has 1 amide bonds. The van der Waals surface area contributed by atoms with Crippen LogP contribution < -0.4 is 5.32 Å². The summed E-state index contributed by atoms with van der Waals surface area (Å²) in [5, 5.41) is 3.55. The van der Waals surface area contributed by atoms with Crippen molar-refractivity contribution in [1.82, 2.24) is 14.9 Å². The lowest BCUT2D eigenvalue weighted by Gasteiger charge is -2.12. The number of amides is 1. The molecule has 3 aromatic rings. The highest BCUT2D eigenvalue weighted by Crippen LogP contribution is 2.28. The Kier molecular flexibility index (Phi) is 4.54. The van der Waals surface area contributed by atoms with E-state index in [1.165, 1.54) is 0 Å². The van der Waals surface area contributed by atoms with Crippen LogP contribution in [0.4, 0.5) is 0 Å². The molecular weight excluding hydrogens is 360 g/mol. The molecule has 0 saturated carbocycles. The molecule has 27 heavy (non-hydrogen) atoms. The lowest BCUT2D eigenvalue weighted by molar-refractivity contribution is 0.0937. The van der Waals surface area contributed by atoms with Crippen LogP contribution in [0.1, 0.15) is 41.2 Å². The number of imidazole rings is 1. The van der Waals surface area contributed by atoms with Crippen LogP contribution in [0.3, 0.4) is 0 Å². The van der Waals surface area contributed by atoms with Crippen molar-refractivity contribution in [2.24, 2.45) is 4.99 Å². The highest BCUT2D eigenvalue weighted by molar-refractivity contribution is 6.35. The van der Waals surface area contributed by atoms with E-state index in [1.807, 2.05) is 66.9 Å². The first-order valence-electron chi connectivity index (χ1n) is 8.82. The molecule has 2 aromatic carbocycles. The SMILES string of the molecule is CC(C)NC(=O)c1ncn2c1CN=C(c1ccccc1Cl)c1ccccc1-2. The van der Waals surface area contributed by atoms with Gasteiger partial charge in [0.05, 0.1) is 23.6 Å². The zero-order chi connectivity index (χ0) is 19.0. The zero-order valence-electron chi connectivity index (χ0n) is 15.1. The quantitative estimate of drug-likeness (QED) is 0.748. The summed E-state index contributed by atoms with van der Waals surface area (Å²) in [6.07, 6.45) is 1.69. The molecule has 0 spiro atoms. The summed E-state index contributed by atoms with van der Waals surface area (Å²) < 4.78 is 1.94. The number of halogens is 1. The molecule has 0 radical (unpaired) electrons. The highest BCUT2D eigenvalue weighted by Gasteiger charge is 2.25. The average Bonchev–Trinajstić information content (AvgIpc) is 3.00.